The minimum Gasteiger partial charge on any atom is -0.396 e. The molecule has 0 aliphatic carbocycles. The monoisotopic (exact) mass is 318 g/mol. The third kappa shape index (κ3) is 3.72. The predicted molar refractivity (Wildman–Crippen MR) is 80.9 cm³/mol. The standard InChI is InChI=1S/C14H23FN2O3S/c1-4-11(5-2)17(6-7-18)21(19,20)14-9-13(16)12(15)8-10(14)3/h8-9,11,18H,4-7,16H2,1-3H3. The lowest BCUT2D eigenvalue weighted by molar-refractivity contribution is 0.219. The number of nitrogen functional groups attached to an aromatic ring is 1. The third-order valence-corrected chi connectivity index (χ3v) is 5.64. The summed E-state index contributed by atoms with van der Waals surface area (Å²) in [4.78, 5) is -0.0123. The summed E-state index contributed by atoms with van der Waals surface area (Å²) in [6.07, 6.45) is 1.26. The van der Waals surface area contributed by atoms with Crippen LogP contribution in [0.5, 0.6) is 0 Å². The lowest BCUT2D eigenvalue weighted by Gasteiger charge is -2.29. The van der Waals surface area contributed by atoms with Gasteiger partial charge in [0.15, 0.2) is 0 Å². The lowest BCUT2D eigenvalue weighted by atomic mass is 10.2. The molecule has 1 aromatic carbocycles. The Bertz CT molecular complexity index is 586. The Balaban J connectivity index is 3.38. The number of anilines is 1. The van der Waals surface area contributed by atoms with Gasteiger partial charge in [-0.25, -0.2) is 12.8 Å². The number of hydrogen-bond donors (Lipinski definition) is 2. The van der Waals surface area contributed by atoms with Crippen molar-refractivity contribution in [2.24, 2.45) is 0 Å². The smallest absolute Gasteiger partial charge is 0.243 e. The molecule has 21 heavy (non-hydrogen) atoms. The van der Waals surface area contributed by atoms with E-state index in [0.29, 0.717) is 18.4 Å². The zero-order valence-corrected chi connectivity index (χ0v) is 13.5. The van der Waals surface area contributed by atoms with Gasteiger partial charge in [-0.1, -0.05) is 13.8 Å². The second kappa shape index (κ2) is 7.20. The second-order valence-corrected chi connectivity index (χ2v) is 6.81. The number of aliphatic hydroxyl groups excluding tert-OH is 1. The van der Waals surface area contributed by atoms with Crippen LogP contribution in [0.3, 0.4) is 0 Å². The number of hydrogen-bond acceptors (Lipinski definition) is 4. The molecule has 0 aromatic heterocycles. The van der Waals surface area contributed by atoms with Crippen molar-refractivity contribution in [1.29, 1.82) is 0 Å². The van der Waals surface area contributed by atoms with Crippen molar-refractivity contribution in [3.8, 4) is 0 Å². The van der Waals surface area contributed by atoms with Crippen LogP contribution in [0.25, 0.3) is 0 Å². The Labute approximate surface area is 125 Å². The normalized spacial score (nSPS) is 12.3. The molecule has 5 nitrogen and oxygen atoms in total. The van der Waals surface area contributed by atoms with E-state index in [1.807, 2.05) is 13.8 Å². The first kappa shape index (κ1) is 17.9. The van der Waals surface area contributed by atoms with E-state index in [1.54, 1.807) is 0 Å². The summed E-state index contributed by atoms with van der Waals surface area (Å²) in [5.41, 5.74) is 5.59. The fourth-order valence-corrected chi connectivity index (χ4v) is 4.37. The van der Waals surface area contributed by atoms with Crippen molar-refractivity contribution >= 4 is 15.7 Å². The van der Waals surface area contributed by atoms with Crippen LogP contribution in [0.1, 0.15) is 32.3 Å². The molecule has 0 saturated carbocycles. The number of halogens is 1. The SMILES string of the molecule is CCC(CC)N(CCO)S(=O)(=O)c1cc(N)c(F)cc1C. The van der Waals surface area contributed by atoms with E-state index in [9.17, 15) is 12.8 Å². The van der Waals surface area contributed by atoms with Crippen molar-refractivity contribution in [1.82, 2.24) is 4.31 Å². The number of aryl methyl sites for hydroxylation is 1. The van der Waals surface area contributed by atoms with E-state index in [-0.39, 0.29) is 29.8 Å². The maximum atomic E-state index is 13.4. The number of aliphatic hydroxyl groups is 1. The van der Waals surface area contributed by atoms with Gasteiger partial charge in [0.2, 0.25) is 10.0 Å². The van der Waals surface area contributed by atoms with Crippen LogP contribution >= 0.6 is 0 Å². The zero-order valence-electron chi connectivity index (χ0n) is 12.6. The molecule has 0 unspecified atom stereocenters. The average Bonchev–Trinajstić information content (AvgIpc) is 2.43. The third-order valence-electron chi connectivity index (χ3n) is 3.55. The van der Waals surface area contributed by atoms with Crippen LogP contribution in [0, 0.1) is 12.7 Å². The molecule has 1 rings (SSSR count). The van der Waals surface area contributed by atoms with E-state index in [1.165, 1.54) is 11.2 Å². The Hall–Kier alpha value is -1.18. The molecule has 0 atom stereocenters. The van der Waals surface area contributed by atoms with Gasteiger partial charge in [0.25, 0.3) is 0 Å². The first-order valence-corrected chi connectivity index (χ1v) is 8.41. The molecule has 120 valence electrons. The van der Waals surface area contributed by atoms with Crippen LogP contribution in [0.2, 0.25) is 0 Å². The largest absolute Gasteiger partial charge is 0.396 e. The molecule has 0 spiro atoms. The van der Waals surface area contributed by atoms with Gasteiger partial charge in [-0.2, -0.15) is 4.31 Å². The zero-order chi connectivity index (χ0) is 16.2. The molecule has 0 aliphatic rings. The molecule has 0 aliphatic heterocycles. The van der Waals surface area contributed by atoms with Crippen LogP contribution in [-0.2, 0) is 10.0 Å². The molecule has 0 fully saturated rings. The maximum absolute atomic E-state index is 13.4. The van der Waals surface area contributed by atoms with Gasteiger partial charge in [0, 0.05) is 12.6 Å². The Morgan fingerprint density at radius 3 is 2.38 bits per heavy atom. The van der Waals surface area contributed by atoms with Crippen molar-refractivity contribution in [2.45, 2.75) is 44.6 Å². The van der Waals surface area contributed by atoms with Crippen molar-refractivity contribution in [3.05, 3.63) is 23.5 Å². The second-order valence-electron chi connectivity index (χ2n) is 4.95. The van der Waals surface area contributed by atoms with E-state index < -0.39 is 15.8 Å². The molecule has 1 aromatic rings. The Morgan fingerprint density at radius 2 is 1.90 bits per heavy atom. The van der Waals surface area contributed by atoms with Crippen molar-refractivity contribution in [2.75, 3.05) is 18.9 Å². The van der Waals surface area contributed by atoms with Gasteiger partial charge in [-0.05, 0) is 37.5 Å². The summed E-state index contributed by atoms with van der Waals surface area (Å²) >= 11 is 0. The molecule has 3 N–H and O–H groups in total. The molecule has 0 radical (unpaired) electrons. The number of nitrogens with two attached hydrogens (primary N) is 1. The fraction of sp³-hybridized carbons (Fsp3) is 0.571. The first-order chi connectivity index (χ1) is 9.79. The molecular formula is C14H23FN2O3S. The Kier molecular flexibility index (Phi) is 6.12. The number of nitrogens with zero attached hydrogens (tertiary/aromatic N) is 1. The summed E-state index contributed by atoms with van der Waals surface area (Å²) in [5.74, 6) is -0.636. The van der Waals surface area contributed by atoms with E-state index >= 15 is 0 Å². The highest BCUT2D eigenvalue weighted by atomic mass is 32.2. The van der Waals surface area contributed by atoms with Gasteiger partial charge in [-0.15, -0.1) is 0 Å². The topological polar surface area (TPSA) is 83.6 Å². The van der Waals surface area contributed by atoms with Gasteiger partial charge in [0.1, 0.15) is 5.82 Å². The van der Waals surface area contributed by atoms with Crippen LogP contribution in [-0.4, -0.2) is 37.0 Å². The predicted octanol–water partition coefficient (Wildman–Crippen LogP) is 1.89. The van der Waals surface area contributed by atoms with Gasteiger partial charge < -0.3 is 10.8 Å². The van der Waals surface area contributed by atoms with E-state index in [0.717, 1.165) is 12.1 Å². The van der Waals surface area contributed by atoms with Crippen LogP contribution in [0.15, 0.2) is 17.0 Å². The molecule has 0 bridgehead atoms. The van der Waals surface area contributed by atoms with Crippen LogP contribution < -0.4 is 5.73 Å². The highest BCUT2D eigenvalue weighted by Crippen LogP contribution is 2.27. The molecule has 0 amide bonds. The fourth-order valence-electron chi connectivity index (χ4n) is 2.37. The summed E-state index contributed by atoms with van der Waals surface area (Å²) < 4.78 is 40.3. The highest BCUT2D eigenvalue weighted by molar-refractivity contribution is 7.89. The van der Waals surface area contributed by atoms with E-state index in [2.05, 4.69) is 0 Å². The van der Waals surface area contributed by atoms with Gasteiger partial charge in [-0.3, -0.25) is 0 Å². The maximum Gasteiger partial charge on any atom is 0.243 e. The Morgan fingerprint density at radius 1 is 1.33 bits per heavy atom. The summed E-state index contributed by atoms with van der Waals surface area (Å²) in [6, 6.07) is 2.05. The first-order valence-electron chi connectivity index (χ1n) is 6.97. The van der Waals surface area contributed by atoms with Crippen molar-refractivity contribution in [3.63, 3.8) is 0 Å². The van der Waals surface area contributed by atoms with Gasteiger partial charge in [0.05, 0.1) is 17.2 Å². The number of rotatable bonds is 7. The summed E-state index contributed by atoms with van der Waals surface area (Å²) in [6.45, 7) is 5.04. The van der Waals surface area contributed by atoms with E-state index in [4.69, 9.17) is 10.8 Å². The number of sulfonamides is 1. The summed E-state index contributed by atoms with van der Waals surface area (Å²) in [7, 11) is -3.83. The minimum absolute atomic E-state index is 0.00536. The van der Waals surface area contributed by atoms with Crippen molar-refractivity contribution < 1.29 is 17.9 Å². The lowest BCUT2D eigenvalue weighted by Crippen LogP contribution is -2.41. The molecule has 7 heteroatoms. The molecule has 0 saturated heterocycles. The number of benzene rings is 1. The molecule has 0 heterocycles. The highest BCUT2D eigenvalue weighted by Gasteiger charge is 2.31. The quantitative estimate of drug-likeness (QED) is 0.752. The summed E-state index contributed by atoms with van der Waals surface area (Å²) in [5, 5.41) is 9.16. The average molecular weight is 318 g/mol. The molecular weight excluding hydrogens is 295 g/mol. The minimum atomic E-state index is -3.83. The van der Waals surface area contributed by atoms with Gasteiger partial charge >= 0.3 is 0 Å². The van der Waals surface area contributed by atoms with Crippen LogP contribution in [0.4, 0.5) is 10.1 Å².